The first-order valence-corrected chi connectivity index (χ1v) is 9.46. The Morgan fingerprint density at radius 3 is 1.80 bits per heavy atom. The van der Waals surface area contributed by atoms with Gasteiger partial charge in [0.25, 0.3) is 0 Å². The number of methoxy groups -OCH3 is 3. The average molecular weight is 407 g/mol. The van der Waals surface area contributed by atoms with Crippen LogP contribution in [0.4, 0.5) is 5.69 Å². The molecule has 0 N–H and O–H groups in total. The van der Waals surface area contributed by atoms with E-state index < -0.39 is 6.10 Å². The maximum atomic E-state index is 6.09. The molecular weight excluding hydrogens is 382 g/mol. The molecule has 0 amide bonds. The maximum absolute atomic E-state index is 6.09. The third-order valence-electron chi connectivity index (χ3n) is 4.30. The zero-order valence-corrected chi connectivity index (χ0v) is 17.5. The lowest BCUT2D eigenvalue weighted by molar-refractivity contribution is 0.262. The van der Waals surface area contributed by atoms with Gasteiger partial charge in [-0.1, -0.05) is 6.07 Å². The van der Waals surface area contributed by atoms with Gasteiger partial charge < -0.3 is 23.7 Å². The van der Waals surface area contributed by atoms with Gasteiger partial charge >= 0.3 is 0 Å². The Labute approximate surface area is 176 Å². The first-order chi connectivity index (χ1) is 14.6. The minimum atomic E-state index is -0.452. The van der Waals surface area contributed by atoms with Crippen molar-refractivity contribution in [2.45, 2.75) is 13.0 Å². The number of hydrogen-bond donors (Lipinski definition) is 0. The molecule has 3 aromatic rings. The molecule has 0 fully saturated rings. The summed E-state index contributed by atoms with van der Waals surface area (Å²) >= 11 is 0. The molecule has 0 bridgehead atoms. The van der Waals surface area contributed by atoms with Gasteiger partial charge in [-0.25, -0.2) is 4.99 Å². The molecule has 1 atom stereocenters. The highest BCUT2D eigenvalue weighted by Crippen LogP contribution is 2.24. The SMILES string of the molecule is COc1ccc(N=C(Oc2cccc(OC)c2)C(C)Oc2ccc(OC)cc2)cc1. The van der Waals surface area contributed by atoms with Crippen LogP contribution in [-0.2, 0) is 0 Å². The Hall–Kier alpha value is -3.67. The zero-order chi connectivity index (χ0) is 21.3. The van der Waals surface area contributed by atoms with Crippen molar-refractivity contribution in [3.63, 3.8) is 0 Å². The number of hydrogen-bond acceptors (Lipinski definition) is 6. The molecule has 0 heterocycles. The summed E-state index contributed by atoms with van der Waals surface area (Å²) in [6, 6.07) is 22.1. The standard InChI is InChI=1S/C24H25NO5/c1-17(29-21-14-12-20(27-3)13-15-21)24(25-18-8-10-19(26-2)11-9-18)30-23-7-5-6-22(16-23)28-4/h5-17H,1-4H3. The molecular formula is C24H25NO5. The Morgan fingerprint density at radius 1 is 0.667 bits per heavy atom. The zero-order valence-electron chi connectivity index (χ0n) is 17.5. The lowest BCUT2D eigenvalue weighted by Crippen LogP contribution is -2.28. The minimum absolute atomic E-state index is 0.407. The summed E-state index contributed by atoms with van der Waals surface area (Å²) in [5.41, 5.74) is 0.721. The van der Waals surface area contributed by atoms with Gasteiger partial charge in [0.2, 0.25) is 5.90 Å². The number of ether oxygens (including phenoxy) is 5. The van der Waals surface area contributed by atoms with Crippen LogP contribution >= 0.6 is 0 Å². The van der Waals surface area contributed by atoms with Gasteiger partial charge in [-0.05, 0) is 67.6 Å². The summed E-state index contributed by atoms with van der Waals surface area (Å²) in [7, 11) is 4.86. The first-order valence-electron chi connectivity index (χ1n) is 9.46. The highest BCUT2D eigenvalue weighted by atomic mass is 16.5. The molecule has 6 nitrogen and oxygen atoms in total. The second-order valence-corrected chi connectivity index (χ2v) is 6.36. The van der Waals surface area contributed by atoms with Gasteiger partial charge in [0.05, 0.1) is 27.0 Å². The summed E-state index contributed by atoms with van der Waals surface area (Å²) in [5.74, 6) is 3.90. The van der Waals surface area contributed by atoms with Crippen molar-refractivity contribution in [1.29, 1.82) is 0 Å². The molecule has 0 saturated carbocycles. The van der Waals surface area contributed by atoms with Crippen molar-refractivity contribution in [3.05, 3.63) is 72.8 Å². The molecule has 1 unspecified atom stereocenters. The van der Waals surface area contributed by atoms with Crippen LogP contribution in [0.3, 0.4) is 0 Å². The van der Waals surface area contributed by atoms with E-state index >= 15 is 0 Å². The molecule has 0 spiro atoms. The van der Waals surface area contributed by atoms with Crippen LogP contribution in [0.25, 0.3) is 0 Å². The third kappa shape index (κ3) is 5.67. The van der Waals surface area contributed by atoms with Gasteiger partial charge in [-0.3, -0.25) is 0 Å². The number of nitrogens with zero attached hydrogens (tertiary/aromatic N) is 1. The molecule has 0 saturated heterocycles. The van der Waals surface area contributed by atoms with Crippen molar-refractivity contribution >= 4 is 11.6 Å². The van der Waals surface area contributed by atoms with Gasteiger partial charge in [0.1, 0.15) is 28.7 Å². The molecule has 0 aliphatic heterocycles. The fourth-order valence-electron chi connectivity index (χ4n) is 2.67. The van der Waals surface area contributed by atoms with E-state index in [9.17, 15) is 0 Å². The van der Waals surface area contributed by atoms with Gasteiger partial charge in [-0.15, -0.1) is 0 Å². The quantitative estimate of drug-likeness (QED) is 0.375. The Morgan fingerprint density at radius 2 is 1.20 bits per heavy atom. The summed E-state index contributed by atoms with van der Waals surface area (Å²) in [4.78, 5) is 4.66. The van der Waals surface area contributed by atoms with Crippen LogP contribution in [0.15, 0.2) is 77.8 Å². The fourth-order valence-corrected chi connectivity index (χ4v) is 2.67. The molecule has 0 aromatic heterocycles. The Bertz CT molecular complexity index is 968. The van der Waals surface area contributed by atoms with Crippen molar-refractivity contribution in [1.82, 2.24) is 0 Å². The molecule has 3 aromatic carbocycles. The second-order valence-electron chi connectivity index (χ2n) is 6.36. The monoisotopic (exact) mass is 407 g/mol. The van der Waals surface area contributed by atoms with E-state index in [0.717, 1.165) is 17.2 Å². The highest BCUT2D eigenvalue weighted by Gasteiger charge is 2.17. The first kappa shape index (κ1) is 21.0. The topological polar surface area (TPSA) is 58.5 Å². The van der Waals surface area contributed by atoms with E-state index in [1.165, 1.54) is 0 Å². The van der Waals surface area contributed by atoms with E-state index in [2.05, 4.69) is 4.99 Å². The molecule has 156 valence electrons. The van der Waals surface area contributed by atoms with E-state index in [-0.39, 0.29) is 0 Å². The van der Waals surface area contributed by atoms with Crippen LogP contribution in [0, 0.1) is 0 Å². The Kier molecular flexibility index (Phi) is 7.16. The van der Waals surface area contributed by atoms with Crippen LogP contribution in [0.5, 0.6) is 28.7 Å². The Balaban J connectivity index is 1.86. The maximum Gasteiger partial charge on any atom is 0.236 e. The highest BCUT2D eigenvalue weighted by molar-refractivity contribution is 5.85. The summed E-state index contributed by atoms with van der Waals surface area (Å²) in [6.07, 6.45) is -0.452. The molecule has 30 heavy (non-hydrogen) atoms. The predicted molar refractivity (Wildman–Crippen MR) is 117 cm³/mol. The smallest absolute Gasteiger partial charge is 0.236 e. The second kappa shape index (κ2) is 10.2. The largest absolute Gasteiger partial charge is 0.497 e. The number of rotatable bonds is 8. The molecule has 0 aliphatic rings. The average Bonchev–Trinajstić information content (AvgIpc) is 2.79. The van der Waals surface area contributed by atoms with Crippen LogP contribution in [-0.4, -0.2) is 33.3 Å². The minimum Gasteiger partial charge on any atom is -0.497 e. The van der Waals surface area contributed by atoms with Crippen molar-refractivity contribution in [2.24, 2.45) is 4.99 Å². The van der Waals surface area contributed by atoms with Gasteiger partial charge in [0.15, 0.2) is 6.10 Å². The van der Waals surface area contributed by atoms with E-state index in [4.69, 9.17) is 23.7 Å². The lowest BCUT2D eigenvalue weighted by atomic mass is 10.3. The molecule has 0 radical (unpaired) electrons. The van der Waals surface area contributed by atoms with E-state index in [0.29, 0.717) is 23.1 Å². The normalized spacial score (nSPS) is 12.1. The summed E-state index contributed by atoms with van der Waals surface area (Å²) in [6.45, 7) is 1.88. The summed E-state index contributed by atoms with van der Waals surface area (Å²) < 4.78 is 27.8. The summed E-state index contributed by atoms with van der Waals surface area (Å²) in [5, 5.41) is 0. The third-order valence-corrected chi connectivity index (χ3v) is 4.30. The van der Waals surface area contributed by atoms with Crippen molar-refractivity contribution in [2.75, 3.05) is 21.3 Å². The van der Waals surface area contributed by atoms with Crippen LogP contribution in [0.1, 0.15) is 6.92 Å². The van der Waals surface area contributed by atoms with Crippen LogP contribution < -0.4 is 23.7 Å². The van der Waals surface area contributed by atoms with Crippen molar-refractivity contribution in [3.8, 4) is 28.7 Å². The number of benzene rings is 3. The number of aliphatic imine (C=N–C) groups is 1. The lowest BCUT2D eigenvalue weighted by Gasteiger charge is -2.18. The van der Waals surface area contributed by atoms with Gasteiger partial charge in [0, 0.05) is 6.07 Å². The van der Waals surface area contributed by atoms with E-state index in [1.54, 1.807) is 27.4 Å². The molecule has 0 aliphatic carbocycles. The van der Waals surface area contributed by atoms with Crippen molar-refractivity contribution < 1.29 is 23.7 Å². The van der Waals surface area contributed by atoms with E-state index in [1.807, 2.05) is 73.7 Å². The fraction of sp³-hybridized carbons (Fsp3) is 0.208. The van der Waals surface area contributed by atoms with Crippen LogP contribution in [0.2, 0.25) is 0 Å². The van der Waals surface area contributed by atoms with Gasteiger partial charge in [-0.2, -0.15) is 0 Å². The molecule has 3 rings (SSSR count). The molecule has 6 heteroatoms. The predicted octanol–water partition coefficient (Wildman–Crippen LogP) is 5.29.